The normalized spacial score (nSPS) is 10.7. The lowest BCUT2D eigenvalue weighted by molar-refractivity contribution is -0.274. The molecule has 0 saturated carbocycles. The summed E-state index contributed by atoms with van der Waals surface area (Å²) in [5.41, 5.74) is -0.975. The third-order valence-electron chi connectivity index (χ3n) is 1.93. The number of nitrogens with zero attached hydrogens (tertiary/aromatic N) is 1. The lowest BCUT2D eigenvalue weighted by Crippen LogP contribution is -2.18. The van der Waals surface area contributed by atoms with Crippen LogP contribution in [0.5, 0.6) is 11.5 Å². The van der Waals surface area contributed by atoms with Crippen molar-refractivity contribution in [3.8, 4) is 17.6 Å². The number of ether oxygens (including phenoxy) is 2. The molecule has 0 spiro atoms. The molecule has 1 aromatic rings. The molecule has 0 aliphatic rings. The lowest BCUT2D eigenvalue weighted by atomic mass is 10.1. The second kappa shape index (κ2) is 5.48. The zero-order valence-corrected chi connectivity index (χ0v) is 9.61. The van der Waals surface area contributed by atoms with E-state index in [4.69, 9.17) is 5.26 Å². The van der Waals surface area contributed by atoms with Gasteiger partial charge in [-0.25, -0.2) is 4.79 Å². The molecule has 0 aliphatic heterocycles. The van der Waals surface area contributed by atoms with Crippen LogP contribution in [0.4, 0.5) is 13.2 Å². The highest BCUT2D eigenvalue weighted by Crippen LogP contribution is 2.31. The molecular formula is C11H8F3NO4. The van der Waals surface area contributed by atoms with Crippen molar-refractivity contribution in [3.05, 3.63) is 23.3 Å². The van der Waals surface area contributed by atoms with Crippen molar-refractivity contribution in [2.45, 2.75) is 13.3 Å². The Labute approximate surface area is 105 Å². The number of rotatable bonds is 3. The van der Waals surface area contributed by atoms with Crippen molar-refractivity contribution in [3.63, 3.8) is 0 Å². The Morgan fingerprint density at radius 3 is 2.58 bits per heavy atom. The van der Waals surface area contributed by atoms with Gasteiger partial charge in [-0.05, 0) is 13.0 Å². The van der Waals surface area contributed by atoms with Crippen molar-refractivity contribution < 1.29 is 32.5 Å². The molecule has 19 heavy (non-hydrogen) atoms. The molecule has 102 valence electrons. The number of phenols is 1. The Morgan fingerprint density at radius 1 is 1.47 bits per heavy atom. The van der Waals surface area contributed by atoms with Gasteiger partial charge in [-0.15, -0.1) is 13.2 Å². The Bertz CT molecular complexity index is 534. The summed E-state index contributed by atoms with van der Waals surface area (Å²) in [5.74, 6) is -2.64. The first-order valence-electron chi connectivity index (χ1n) is 4.98. The number of halogens is 3. The van der Waals surface area contributed by atoms with Crippen LogP contribution >= 0.6 is 0 Å². The molecule has 0 heterocycles. The molecule has 1 aromatic carbocycles. The van der Waals surface area contributed by atoms with Gasteiger partial charge in [0.1, 0.15) is 23.1 Å². The highest BCUT2D eigenvalue weighted by molar-refractivity contribution is 5.93. The van der Waals surface area contributed by atoms with Crippen LogP contribution in [0, 0.1) is 11.3 Å². The summed E-state index contributed by atoms with van der Waals surface area (Å²) < 4.78 is 44.3. The minimum absolute atomic E-state index is 0.0329. The summed E-state index contributed by atoms with van der Waals surface area (Å²) in [6.07, 6.45) is -4.98. The van der Waals surface area contributed by atoms with Gasteiger partial charge >= 0.3 is 12.3 Å². The van der Waals surface area contributed by atoms with Crippen molar-refractivity contribution >= 4 is 5.97 Å². The fourth-order valence-electron chi connectivity index (χ4n) is 1.28. The Morgan fingerprint density at radius 2 is 2.11 bits per heavy atom. The molecule has 0 unspecified atom stereocenters. The first-order valence-corrected chi connectivity index (χ1v) is 4.98. The van der Waals surface area contributed by atoms with Crippen LogP contribution in [0.2, 0.25) is 0 Å². The quantitative estimate of drug-likeness (QED) is 0.856. The van der Waals surface area contributed by atoms with Gasteiger partial charge in [-0.1, -0.05) is 0 Å². The maximum atomic E-state index is 12.1. The number of carbonyl (C=O) groups is 1. The van der Waals surface area contributed by atoms with E-state index in [1.54, 1.807) is 0 Å². The van der Waals surface area contributed by atoms with E-state index in [0.717, 1.165) is 0 Å². The van der Waals surface area contributed by atoms with Crippen LogP contribution in [-0.2, 0) is 4.74 Å². The molecule has 0 radical (unpaired) electrons. The molecule has 0 fully saturated rings. The van der Waals surface area contributed by atoms with Crippen LogP contribution in [0.25, 0.3) is 0 Å². The van der Waals surface area contributed by atoms with E-state index in [1.807, 2.05) is 0 Å². The summed E-state index contributed by atoms with van der Waals surface area (Å²) in [5, 5.41) is 18.2. The Balaban J connectivity index is 3.27. The van der Waals surface area contributed by atoms with Gasteiger partial charge in [0.15, 0.2) is 0 Å². The fraction of sp³-hybridized carbons (Fsp3) is 0.273. The summed E-state index contributed by atoms with van der Waals surface area (Å²) in [6.45, 7) is 1.45. The third-order valence-corrected chi connectivity index (χ3v) is 1.93. The van der Waals surface area contributed by atoms with Crippen LogP contribution in [0.15, 0.2) is 12.1 Å². The standard InChI is InChI=1S/C11H8F3NO4/c1-2-18-10(17)7-3-6(19-11(12,13)14)4-9(16)8(7)5-15/h3-4,16H,2H2,1H3. The molecule has 0 aromatic heterocycles. The van der Waals surface area contributed by atoms with Gasteiger partial charge in [0, 0.05) is 6.07 Å². The molecule has 0 atom stereocenters. The molecule has 0 aliphatic carbocycles. The van der Waals surface area contributed by atoms with Crippen LogP contribution in [-0.4, -0.2) is 24.0 Å². The predicted molar refractivity (Wildman–Crippen MR) is 55.5 cm³/mol. The van der Waals surface area contributed by atoms with Gasteiger partial charge in [-0.3, -0.25) is 0 Å². The van der Waals surface area contributed by atoms with Crippen molar-refractivity contribution in [1.82, 2.24) is 0 Å². The monoisotopic (exact) mass is 275 g/mol. The average Bonchev–Trinajstić information content (AvgIpc) is 2.26. The largest absolute Gasteiger partial charge is 0.573 e. The number of esters is 1. The first-order chi connectivity index (χ1) is 8.78. The maximum absolute atomic E-state index is 12.1. The summed E-state index contributed by atoms with van der Waals surface area (Å²) in [4.78, 5) is 11.5. The molecule has 1 N–H and O–H groups in total. The summed E-state index contributed by atoms with van der Waals surface area (Å²) >= 11 is 0. The number of alkyl halides is 3. The van der Waals surface area contributed by atoms with E-state index in [9.17, 15) is 23.1 Å². The van der Waals surface area contributed by atoms with E-state index in [2.05, 4.69) is 9.47 Å². The van der Waals surface area contributed by atoms with E-state index < -0.39 is 35.0 Å². The summed E-state index contributed by atoms with van der Waals surface area (Å²) in [7, 11) is 0. The second-order valence-electron chi connectivity index (χ2n) is 3.25. The summed E-state index contributed by atoms with van der Waals surface area (Å²) in [6, 6.07) is 2.78. The molecule has 0 bridgehead atoms. The molecule has 0 saturated heterocycles. The van der Waals surface area contributed by atoms with Crippen molar-refractivity contribution in [2.24, 2.45) is 0 Å². The molecule has 1 rings (SSSR count). The number of hydrogen-bond acceptors (Lipinski definition) is 5. The smallest absolute Gasteiger partial charge is 0.506 e. The number of carbonyl (C=O) groups excluding carboxylic acids is 1. The molecule has 0 amide bonds. The lowest BCUT2D eigenvalue weighted by Gasteiger charge is -2.11. The topological polar surface area (TPSA) is 79.6 Å². The minimum atomic E-state index is -4.98. The Kier molecular flexibility index (Phi) is 4.22. The van der Waals surface area contributed by atoms with Crippen LogP contribution < -0.4 is 4.74 Å². The van der Waals surface area contributed by atoms with Gasteiger partial charge < -0.3 is 14.6 Å². The molecule has 8 heteroatoms. The number of nitriles is 1. The van der Waals surface area contributed by atoms with E-state index in [-0.39, 0.29) is 6.61 Å². The van der Waals surface area contributed by atoms with Gasteiger partial charge in [0.05, 0.1) is 12.2 Å². The van der Waals surface area contributed by atoms with Crippen LogP contribution in [0.1, 0.15) is 22.8 Å². The van der Waals surface area contributed by atoms with Crippen LogP contribution in [0.3, 0.4) is 0 Å². The maximum Gasteiger partial charge on any atom is 0.573 e. The van der Waals surface area contributed by atoms with Gasteiger partial charge in [0.25, 0.3) is 0 Å². The fourth-order valence-corrected chi connectivity index (χ4v) is 1.28. The molecular weight excluding hydrogens is 267 g/mol. The zero-order valence-electron chi connectivity index (χ0n) is 9.61. The average molecular weight is 275 g/mol. The number of hydrogen-bond donors (Lipinski definition) is 1. The number of benzene rings is 1. The minimum Gasteiger partial charge on any atom is -0.506 e. The molecule has 5 nitrogen and oxygen atoms in total. The van der Waals surface area contributed by atoms with E-state index in [0.29, 0.717) is 12.1 Å². The number of phenolic OH excluding ortho intramolecular Hbond substituents is 1. The van der Waals surface area contributed by atoms with Crippen molar-refractivity contribution in [1.29, 1.82) is 5.26 Å². The van der Waals surface area contributed by atoms with E-state index >= 15 is 0 Å². The zero-order chi connectivity index (χ0) is 14.6. The van der Waals surface area contributed by atoms with Gasteiger partial charge in [-0.2, -0.15) is 5.26 Å². The van der Waals surface area contributed by atoms with E-state index in [1.165, 1.54) is 13.0 Å². The first kappa shape index (κ1) is 14.6. The van der Waals surface area contributed by atoms with Crippen molar-refractivity contribution in [2.75, 3.05) is 6.61 Å². The SMILES string of the molecule is CCOC(=O)c1cc(OC(F)(F)F)cc(O)c1C#N. The third kappa shape index (κ3) is 3.77. The highest BCUT2D eigenvalue weighted by Gasteiger charge is 2.32. The number of aromatic hydroxyl groups is 1. The predicted octanol–water partition coefficient (Wildman–Crippen LogP) is 2.34. The highest BCUT2D eigenvalue weighted by atomic mass is 19.4. The Hall–Kier alpha value is -2.43. The van der Waals surface area contributed by atoms with Gasteiger partial charge in [0.2, 0.25) is 0 Å². The second-order valence-corrected chi connectivity index (χ2v) is 3.25.